The average Bonchev–Trinajstić information content (AvgIpc) is 2.69. The highest BCUT2D eigenvalue weighted by atomic mass is 79.9. The third-order valence-corrected chi connectivity index (χ3v) is 3.25. The van der Waals surface area contributed by atoms with Crippen LogP contribution in [0.15, 0.2) is 28.7 Å². The van der Waals surface area contributed by atoms with E-state index in [2.05, 4.69) is 21.0 Å². The van der Waals surface area contributed by atoms with E-state index in [0.29, 0.717) is 15.3 Å². The first kappa shape index (κ1) is 13.9. The van der Waals surface area contributed by atoms with Gasteiger partial charge < -0.3 is 9.84 Å². The molecule has 0 aliphatic rings. The molecule has 1 N–H and O–H groups in total. The van der Waals surface area contributed by atoms with E-state index in [1.807, 2.05) is 0 Å². The Labute approximate surface area is 122 Å². The number of phenolic OH excluding ortho intramolecular Hbond substituents is 1. The van der Waals surface area contributed by atoms with Crippen molar-refractivity contribution in [3.63, 3.8) is 0 Å². The molecule has 0 saturated heterocycles. The zero-order chi connectivity index (χ0) is 14.0. The largest absolute Gasteiger partial charge is 0.507 e. The second-order valence-electron chi connectivity index (χ2n) is 3.82. The number of esters is 1. The molecule has 2 aromatic rings. The maximum Gasteiger partial charge on any atom is 0.342 e. The van der Waals surface area contributed by atoms with Crippen molar-refractivity contribution in [1.82, 2.24) is 9.78 Å². The lowest BCUT2D eigenvalue weighted by Crippen LogP contribution is -2.06. The summed E-state index contributed by atoms with van der Waals surface area (Å²) in [7, 11) is 1.69. The second-order valence-corrected chi connectivity index (χ2v) is 5.12. The summed E-state index contributed by atoms with van der Waals surface area (Å²) in [4.78, 5) is 11.8. The second kappa shape index (κ2) is 5.63. The molecule has 1 aromatic carbocycles. The molecule has 2 rings (SSSR count). The average molecular weight is 346 g/mol. The highest BCUT2D eigenvalue weighted by Crippen LogP contribution is 2.23. The molecule has 0 aliphatic carbocycles. The first-order valence-electron chi connectivity index (χ1n) is 5.31. The number of hydrogen-bond donors (Lipinski definition) is 1. The number of aromatic hydroxyl groups is 1. The summed E-state index contributed by atoms with van der Waals surface area (Å²) >= 11 is 9.04. The summed E-state index contributed by atoms with van der Waals surface area (Å²) < 4.78 is 7.22. The van der Waals surface area contributed by atoms with E-state index in [1.54, 1.807) is 19.2 Å². The highest BCUT2D eigenvalue weighted by Gasteiger charge is 2.14. The Morgan fingerprint density at radius 1 is 1.53 bits per heavy atom. The van der Waals surface area contributed by atoms with Crippen LogP contribution in [0.5, 0.6) is 5.75 Å². The zero-order valence-electron chi connectivity index (χ0n) is 9.93. The number of nitrogens with zero attached hydrogens (tertiary/aromatic N) is 2. The first-order chi connectivity index (χ1) is 8.97. The van der Waals surface area contributed by atoms with Gasteiger partial charge in [-0.15, -0.1) is 0 Å². The van der Waals surface area contributed by atoms with E-state index >= 15 is 0 Å². The molecule has 0 atom stereocenters. The number of halogens is 2. The summed E-state index contributed by atoms with van der Waals surface area (Å²) in [5.41, 5.74) is 0.631. The van der Waals surface area contributed by atoms with E-state index in [0.717, 1.165) is 0 Å². The Morgan fingerprint density at radius 2 is 2.26 bits per heavy atom. The standard InChI is InChI=1S/C12H10BrClN2O3/c1-16-11(14)5-8(15-16)6-19-12(18)9-4-7(13)2-3-10(9)17/h2-5,17H,6H2,1H3. The van der Waals surface area contributed by atoms with Gasteiger partial charge in [0.1, 0.15) is 28.8 Å². The van der Waals surface area contributed by atoms with Crippen molar-refractivity contribution < 1.29 is 14.6 Å². The van der Waals surface area contributed by atoms with Gasteiger partial charge in [0.25, 0.3) is 0 Å². The molecule has 5 nitrogen and oxygen atoms in total. The van der Waals surface area contributed by atoms with Gasteiger partial charge in [0.05, 0.1) is 0 Å². The maximum atomic E-state index is 11.8. The summed E-state index contributed by atoms with van der Waals surface area (Å²) in [6, 6.07) is 6.14. The fourth-order valence-corrected chi connectivity index (χ4v) is 1.98. The molecule has 0 fully saturated rings. The van der Waals surface area contributed by atoms with Crippen LogP contribution in [0.2, 0.25) is 5.15 Å². The van der Waals surface area contributed by atoms with Crippen molar-refractivity contribution >= 4 is 33.5 Å². The summed E-state index contributed by atoms with van der Waals surface area (Å²) in [5.74, 6) is -0.757. The minimum Gasteiger partial charge on any atom is -0.507 e. The maximum absolute atomic E-state index is 11.8. The number of rotatable bonds is 3. The molecule has 0 radical (unpaired) electrons. The Morgan fingerprint density at radius 3 is 2.89 bits per heavy atom. The molecule has 1 aromatic heterocycles. The molecule has 0 amide bonds. The molecule has 0 aliphatic heterocycles. The number of carbonyl (C=O) groups excluding carboxylic acids is 1. The molecule has 100 valence electrons. The third-order valence-electron chi connectivity index (χ3n) is 2.40. The van der Waals surface area contributed by atoms with Crippen molar-refractivity contribution in [2.75, 3.05) is 0 Å². The third kappa shape index (κ3) is 3.27. The van der Waals surface area contributed by atoms with Crippen LogP contribution in [-0.2, 0) is 18.4 Å². The highest BCUT2D eigenvalue weighted by molar-refractivity contribution is 9.10. The van der Waals surface area contributed by atoms with Crippen LogP contribution in [0.1, 0.15) is 16.1 Å². The smallest absolute Gasteiger partial charge is 0.342 e. The van der Waals surface area contributed by atoms with Gasteiger partial charge in [-0.1, -0.05) is 27.5 Å². The molecule has 0 saturated carbocycles. The van der Waals surface area contributed by atoms with Crippen molar-refractivity contribution in [3.8, 4) is 5.75 Å². The van der Waals surface area contributed by atoms with E-state index in [4.69, 9.17) is 16.3 Å². The van der Waals surface area contributed by atoms with E-state index in [-0.39, 0.29) is 17.9 Å². The Hall–Kier alpha value is -1.53. The van der Waals surface area contributed by atoms with Gasteiger partial charge in [-0.3, -0.25) is 4.68 Å². The molecular weight excluding hydrogens is 336 g/mol. The van der Waals surface area contributed by atoms with Gasteiger partial charge in [-0.2, -0.15) is 5.10 Å². The van der Waals surface area contributed by atoms with Crippen molar-refractivity contribution in [3.05, 3.63) is 45.1 Å². The molecule has 0 unspecified atom stereocenters. The number of aryl methyl sites for hydroxylation is 1. The number of benzene rings is 1. The molecule has 19 heavy (non-hydrogen) atoms. The summed E-state index contributed by atoms with van der Waals surface area (Å²) in [5, 5.41) is 14.1. The normalized spacial score (nSPS) is 10.5. The molecular formula is C12H10BrClN2O3. The van der Waals surface area contributed by atoms with Crippen molar-refractivity contribution in [1.29, 1.82) is 0 Å². The summed E-state index contributed by atoms with van der Waals surface area (Å²) in [6.45, 7) is -0.00858. The number of phenols is 1. The van der Waals surface area contributed by atoms with Gasteiger partial charge in [0.2, 0.25) is 0 Å². The number of hydrogen-bond acceptors (Lipinski definition) is 4. The van der Waals surface area contributed by atoms with Crippen LogP contribution < -0.4 is 0 Å². The molecule has 0 bridgehead atoms. The Balaban J connectivity index is 2.07. The fraction of sp³-hybridized carbons (Fsp3) is 0.167. The molecule has 0 spiro atoms. The fourth-order valence-electron chi connectivity index (χ4n) is 1.46. The summed E-state index contributed by atoms with van der Waals surface area (Å²) in [6.07, 6.45) is 0. The van der Waals surface area contributed by atoms with E-state index in [9.17, 15) is 9.90 Å². The van der Waals surface area contributed by atoms with Gasteiger partial charge in [-0.25, -0.2) is 4.79 Å². The van der Waals surface area contributed by atoms with Crippen LogP contribution >= 0.6 is 27.5 Å². The van der Waals surface area contributed by atoms with Gasteiger partial charge in [0, 0.05) is 17.6 Å². The topological polar surface area (TPSA) is 64.4 Å². The molecule has 7 heteroatoms. The van der Waals surface area contributed by atoms with Crippen LogP contribution in [0.3, 0.4) is 0 Å². The van der Waals surface area contributed by atoms with Crippen LogP contribution in [0, 0.1) is 0 Å². The number of aromatic nitrogens is 2. The Bertz CT molecular complexity index is 608. The Kier molecular flexibility index (Phi) is 4.11. The predicted octanol–water partition coefficient (Wildman–Crippen LogP) is 2.90. The SMILES string of the molecule is Cn1nc(COC(=O)c2cc(Br)ccc2O)cc1Cl. The minimum atomic E-state index is -0.624. The number of ether oxygens (including phenoxy) is 1. The van der Waals surface area contributed by atoms with Crippen LogP contribution in [0.4, 0.5) is 0 Å². The lowest BCUT2D eigenvalue weighted by molar-refractivity contribution is 0.0463. The quantitative estimate of drug-likeness (QED) is 0.869. The lowest BCUT2D eigenvalue weighted by atomic mass is 10.2. The van der Waals surface area contributed by atoms with Crippen LogP contribution in [0.25, 0.3) is 0 Å². The number of carbonyl (C=O) groups is 1. The molecule has 1 heterocycles. The van der Waals surface area contributed by atoms with Crippen molar-refractivity contribution in [2.45, 2.75) is 6.61 Å². The minimum absolute atomic E-state index is 0.00858. The van der Waals surface area contributed by atoms with Gasteiger partial charge in [0.15, 0.2) is 0 Å². The monoisotopic (exact) mass is 344 g/mol. The van der Waals surface area contributed by atoms with Crippen molar-refractivity contribution in [2.24, 2.45) is 7.05 Å². The first-order valence-corrected chi connectivity index (χ1v) is 6.48. The van der Waals surface area contributed by atoms with Gasteiger partial charge in [-0.05, 0) is 18.2 Å². The predicted molar refractivity (Wildman–Crippen MR) is 73.1 cm³/mol. The van der Waals surface area contributed by atoms with Crippen LogP contribution in [-0.4, -0.2) is 20.9 Å². The zero-order valence-corrected chi connectivity index (χ0v) is 12.3. The lowest BCUT2D eigenvalue weighted by Gasteiger charge is -2.05. The van der Waals surface area contributed by atoms with E-state index < -0.39 is 5.97 Å². The van der Waals surface area contributed by atoms with E-state index in [1.165, 1.54) is 16.8 Å². The van der Waals surface area contributed by atoms with Gasteiger partial charge >= 0.3 is 5.97 Å².